The molecule has 0 fully saturated rings. The summed E-state index contributed by atoms with van der Waals surface area (Å²) in [5, 5.41) is 17.6. The smallest absolute Gasteiger partial charge is 0.356 e. The Labute approximate surface area is 167 Å². The molecule has 1 rings (SSSR count). The highest BCUT2D eigenvalue weighted by Crippen LogP contribution is 2.23. The molecule has 1 atom stereocenters. The van der Waals surface area contributed by atoms with Gasteiger partial charge in [-0.15, -0.1) is 0 Å². The van der Waals surface area contributed by atoms with Crippen LogP contribution in [0.25, 0.3) is 0 Å². The summed E-state index contributed by atoms with van der Waals surface area (Å²) in [6, 6.07) is 0.980. The average Bonchev–Trinajstić information content (AvgIpc) is 2.94. The van der Waals surface area contributed by atoms with Gasteiger partial charge in [-0.3, -0.25) is 5.41 Å². The van der Waals surface area contributed by atoms with Gasteiger partial charge >= 0.3 is 11.9 Å². The molecule has 2 N–H and O–H groups in total. The van der Waals surface area contributed by atoms with Crippen molar-refractivity contribution in [3.63, 3.8) is 0 Å². The lowest BCUT2D eigenvalue weighted by Crippen LogP contribution is -2.32. The van der Waals surface area contributed by atoms with Crippen molar-refractivity contribution in [3.05, 3.63) is 17.7 Å². The molecule has 0 aliphatic heterocycles. The van der Waals surface area contributed by atoms with E-state index in [1.807, 2.05) is 6.92 Å². The van der Waals surface area contributed by atoms with Crippen LogP contribution < -0.4 is 0 Å². The highest BCUT2D eigenvalue weighted by Gasteiger charge is 2.30. The van der Waals surface area contributed by atoms with Crippen LogP contribution in [0.2, 0.25) is 25.7 Å². The standard InChI is InChI=1S/C19H33N3O5Si/c1-8-13(15(20)18(25)27-19(2,3)4)16-21-14(17(23)24)11-22(16)12-26-9-10-28(5,6)7/h11,13,20H,8-10,12H2,1-7H3,(H,23,24). The van der Waals surface area contributed by atoms with Gasteiger partial charge in [0, 0.05) is 20.9 Å². The minimum absolute atomic E-state index is 0.123. The second-order valence-corrected chi connectivity index (χ2v) is 14.6. The summed E-state index contributed by atoms with van der Waals surface area (Å²) in [6.07, 6.45) is 1.79. The fourth-order valence-corrected chi connectivity index (χ4v) is 3.20. The number of carboxylic acid groups (broad SMARTS) is 1. The molecule has 1 heterocycles. The third kappa shape index (κ3) is 7.55. The van der Waals surface area contributed by atoms with E-state index in [4.69, 9.17) is 14.9 Å². The number of aromatic nitrogens is 2. The molecule has 0 saturated carbocycles. The number of carbonyl (C=O) groups excluding carboxylic acids is 1. The molecule has 1 unspecified atom stereocenters. The van der Waals surface area contributed by atoms with Gasteiger partial charge in [0.15, 0.2) is 5.69 Å². The van der Waals surface area contributed by atoms with E-state index < -0.39 is 31.5 Å². The Hall–Kier alpha value is -2.00. The maximum Gasteiger partial charge on any atom is 0.356 e. The third-order valence-electron chi connectivity index (χ3n) is 3.94. The van der Waals surface area contributed by atoms with Crippen LogP contribution in [-0.4, -0.2) is 52.6 Å². The molecule has 0 aromatic carbocycles. The number of imidazole rings is 1. The van der Waals surface area contributed by atoms with E-state index in [1.165, 1.54) is 6.20 Å². The highest BCUT2D eigenvalue weighted by molar-refractivity contribution is 6.76. The molecule has 0 spiro atoms. The number of nitrogens with one attached hydrogen (secondary N) is 1. The first-order valence-corrected chi connectivity index (χ1v) is 13.2. The summed E-state index contributed by atoms with van der Waals surface area (Å²) >= 11 is 0. The van der Waals surface area contributed by atoms with Gasteiger partial charge in [0.2, 0.25) is 0 Å². The topological polar surface area (TPSA) is 115 Å². The molecule has 0 bridgehead atoms. The number of nitrogens with zero attached hydrogens (tertiary/aromatic N) is 2. The number of hydrogen-bond donors (Lipinski definition) is 2. The van der Waals surface area contributed by atoms with Crippen molar-refractivity contribution < 1.29 is 24.2 Å². The summed E-state index contributed by atoms with van der Waals surface area (Å²) in [6.45, 7) is 14.4. The Morgan fingerprint density at radius 1 is 1.32 bits per heavy atom. The third-order valence-corrected chi connectivity index (χ3v) is 5.64. The van der Waals surface area contributed by atoms with Crippen molar-refractivity contribution in [1.29, 1.82) is 5.41 Å². The van der Waals surface area contributed by atoms with Crippen molar-refractivity contribution in [2.75, 3.05) is 6.61 Å². The molecule has 0 amide bonds. The predicted octanol–water partition coefficient (Wildman–Crippen LogP) is 3.75. The normalized spacial score (nSPS) is 13.2. The number of carbonyl (C=O) groups is 2. The van der Waals surface area contributed by atoms with Crippen LogP contribution in [0.4, 0.5) is 0 Å². The van der Waals surface area contributed by atoms with Crippen LogP contribution in [-0.2, 0) is 21.0 Å². The van der Waals surface area contributed by atoms with Crippen LogP contribution in [0.1, 0.15) is 56.3 Å². The van der Waals surface area contributed by atoms with Crippen molar-refractivity contribution in [1.82, 2.24) is 9.55 Å². The zero-order chi connectivity index (χ0) is 21.7. The average molecular weight is 412 g/mol. The second kappa shape index (κ2) is 9.47. The van der Waals surface area contributed by atoms with Gasteiger partial charge in [-0.25, -0.2) is 14.6 Å². The lowest BCUT2D eigenvalue weighted by Gasteiger charge is -2.23. The number of esters is 1. The minimum atomic E-state index is -1.25. The Kier molecular flexibility index (Phi) is 8.13. The van der Waals surface area contributed by atoms with Gasteiger partial charge in [-0.05, 0) is 33.2 Å². The molecule has 0 radical (unpaired) electrons. The Balaban J connectivity index is 3.05. The Morgan fingerprint density at radius 2 is 1.93 bits per heavy atom. The maximum absolute atomic E-state index is 12.3. The monoisotopic (exact) mass is 411 g/mol. The van der Waals surface area contributed by atoms with Crippen LogP contribution in [0, 0.1) is 5.41 Å². The van der Waals surface area contributed by atoms with Crippen LogP contribution in [0.15, 0.2) is 6.20 Å². The van der Waals surface area contributed by atoms with E-state index in [2.05, 4.69) is 24.6 Å². The molecule has 1 aromatic rings. The summed E-state index contributed by atoms with van der Waals surface area (Å²) < 4.78 is 12.6. The lowest BCUT2D eigenvalue weighted by atomic mass is 9.99. The number of aromatic carboxylic acids is 1. The largest absolute Gasteiger partial charge is 0.476 e. The van der Waals surface area contributed by atoms with Gasteiger partial charge in [-0.1, -0.05) is 26.6 Å². The van der Waals surface area contributed by atoms with E-state index in [0.717, 1.165) is 6.04 Å². The molecule has 8 nitrogen and oxygen atoms in total. The zero-order valence-corrected chi connectivity index (χ0v) is 19.0. The summed E-state index contributed by atoms with van der Waals surface area (Å²) in [7, 11) is -1.25. The first-order chi connectivity index (χ1) is 12.7. The van der Waals surface area contributed by atoms with Crippen LogP contribution >= 0.6 is 0 Å². The van der Waals surface area contributed by atoms with Crippen molar-refractivity contribution in [3.8, 4) is 0 Å². The van der Waals surface area contributed by atoms with E-state index in [9.17, 15) is 14.7 Å². The summed E-state index contributed by atoms with van der Waals surface area (Å²) in [5.41, 5.74) is -1.11. The van der Waals surface area contributed by atoms with E-state index in [-0.39, 0.29) is 18.1 Å². The zero-order valence-electron chi connectivity index (χ0n) is 18.0. The number of ether oxygens (including phenoxy) is 2. The van der Waals surface area contributed by atoms with Gasteiger partial charge in [0.05, 0.1) is 5.92 Å². The first kappa shape index (κ1) is 24.0. The van der Waals surface area contributed by atoms with E-state index in [0.29, 0.717) is 18.9 Å². The molecule has 0 saturated heterocycles. The number of rotatable bonds is 10. The minimum Gasteiger partial charge on any atom is -0.476 e. The highest BCUT2D eigenvalue weighted by atomic mass is 28.3. The summed E-state index contributed by atoms with van der Waals surface area (Å²) in [4.78, 5) is 27.9. The molecule has 9 heteroatoms. The van der Waals surface area contributed by atoms with E-state index in [1.54, 1.807) is 25.3 Å². The predicted molar refractivity (Wildman–Crippen MR) is 110 cm³/mol. The van der Waals surface area contributed by atoms with Gasteiger partial charge < -0.3 is 19.1 Å². The molecule has 0 aliphatic carbocycles. The SMILES string of the molecule is CCC(C(=N)C(=O)OC(C)(C)C)c1nc(C(=O)O)cn1COCC[Si](C)(C)C. The quantitative estimate of drug-likeness (QED) is 0.262. The van der Waals surface area contributed by atoms with Gasteiger partial charge in [0.25, 0.3) is 0 Å². The van der Waals surface area contributed by atoms with Crippen molar-refractivity contribution in [2.45, 2.75) is 78.1 Å². The van der Waals surface area contributed by atoms with Gasteiger partial charge in [0.1, 0.15) is 23.9 Å². The fraction of sp³-hybridized carbons (Fsp3) is 0.684. The van der Waals surface area contributed by atoms with Crippen LogP contribution in [0.3, 0.4) is 0 Å². The van der Waals surface area contributed by atoms with E-state index >= 15 is 0 Å². The molecular formula is C19H33N3O5Si. The Bertz CT molecular complexity index is 716. The molecule has 0 aliphatic rings. The number of carboxylic acids is 1. The lowest BCUT2D eigenvalue weighted by molar-refractivity contribution is -0.146. The Morgan fingerprint density at radius 3 is 2.39 bits per heavy atom. The molecule has 158 valence electrons. The maximum atomic E-state index is 12.3. The van der Waals surface area contributed by atoms with Gasteiger partial charge in [-0.2, -0.15) is 0 Å². The molecule has 28 heavy (non-hydrogen) atoms. The fourth-order valence-electron chi connectivity index (χ4n) is 2.45. The summed E-state index contributed by atoms with van der Waals surface area (Å²) in [5.74, 6) is -2.25. The van der Waals surface area contributed by atoms with Crippen LogP contribution in [0.5, 0.6) is 0 Å². The first-order valence-electron chi connectivity index (χ1n) is 9.45. The van der Waals surface area contributed by atoms with Crippen molar-refractivity contribution >= 4 is 25.7 Å². The second-order valence-electron chi connectivity index (χ2n) is 8.98. The molecular weight excluding hydrogens is 378 g/mol. The van der Waals surface area contributed by atoms with Crippen molar-refractivity contribution in [2.24, 2.45) is 0 Å². The number of hydrogen-bond acceptors (Lipinski definition) is 6. The molecule has 1 aromatic heterocycles.